The summed E-state index contributed by atoms with van der Waals surface area (Å²) in [6, 6.07) is -9.20. The second kappa shape index (κ2) is 23.7. The third-order valence-electron chi connectivity index (χ3n) is 6.66. The molecule has 50 heavy (non-hydrogen) atoms. The monoisotopic (exact) mass is 753 g/mol. The van der Waals surface area contributed by atoms with Crippen LogP contribution < -0.4 is 38.1 Å². The van der Waals surface area contributed by atoms with Crippen LogP contribution in [0.5, 0.6) is 0 Å². The van der Waals surface area contributed by atoms with Crippen LogP contribution in [-0.4, -0.2) is 134 Å². The summed E-state index contributed by atoms with van der Waals surface area (Å²) in [5.74, 6) is -11.8. The Balaban J connectivity index is 6.24. The zero-order chi connectivity index (χ0) is 38.6. The van der Waals surface area contributed by atoms with Crippen LogP contribution in [0.2, 0.25) is 0 Å². The first-order chi connectivity index (χ1) is 23.3. The maximum atomic E-state index is 13.4. The van der Waals surface area contributed by atoms with Gasteiger partial charge in [-0.2, -0.15) is 24.4 Å². The molecule has 0 spiro atoms. The van der Waals surface area contributed by atoms with Crippen LogP contribution in [0.3, 0.4) is 0 Å². The highest BCUT2D eigenvalue weighted by atomic mass is 32.2. The summed E-state index contributed by atoms with van der Waals surface area (Å²) in [6.07, 6.45) is -2.68. The average molecular weight is 754 g/mol. The van der Waals surface area contributed by atoms with E-state index in [4.69, 9.17) is 26.8 Å². The lowest BCUT2D eigenvalue weighted by Crippen LogP contribution is -2.59. The summed E-state index contributed by atoms with van der Waals surface area (Å²) >= 11 is 5.15. The molecule has 23 heteroatoms. The molecule has 21 nitrogen and oxygen atoms in total. The molecule has 0 unspecified atom stereocenters. The highest BCUT2D eigenvalue weighted by Crippen LogP contribution is 2.08. The van der Waals surface area contributed by atoms with Crippen molar-refractivity contribution in [3.63, 3.8) is 0 Å². The first-order valence-electron chi connectivity index (χ1n) is 14.9. The van der Waals surface area contributed by atoms with E-state index in [1.54, 1.807) is 6.26 Å². The molecular weight excluding hydrogens is 710 g/mol. The van der Waals surface area contributed by atoms with Crippen molar-refractivity contribution in [3.8, 4) is 0 Å². The quantitative estimate of drug-likeness (QED) is 0.0374. The molecule has 0 heterocycles. The molecule has 13 N–H and O–H groups in total. The van der Waals surface area contributed by atoms with E-state index in [0.29, 0.717) is 0 Å². The number of aliphatic carboxylic acids is 4. The molecule has 0 aliphatic heterocycles. The molecule has 0 saturated carbocycles. The zero-order valence-electron chi connectivity index (χ0n) is 26.9. The summed E-state index contributed by atoms with van der Waals surface area (Å²) in [5.41, 5.74) is 10.7. The van der Waals surface area contributed by atoms with Crippen LogP contribution >= 0.6 is 24.4 Å². The van der Waals surface area contributed by atoms with Gasteiger partial charge in [0.2, 0.25) is 35.4 Å². The maximum Gasteiger partial charge on any atom is 0.305 e. The number of carboxylic acid groups (broad SMARTS) is 4. The lowest BCUT2D eigenvalue weighted by molar-refractivity contribution is -0.140. The van der Waals surface area contributed by atoms with E-state index in [-0.39, 0.29) is 17.9 Å². The predicted molar refractivity (Wildman–Crippen MR) is 177 cm³/mol. The minimum atomic E-state index is -1.67. The summed E-state index contributed by atoms with van der Waals surface area (Å²) < 4.78 is 0. The fourth-order valence-corrected chi connectivity index (χ4v) is 4.71. The number of thiol groups is 1. The summed E-state index contributed by atoms with van der Waals surface area (Å²) in [4.78, 5) is 121. The van der Waals surface area contributed by atoms with Gasteiger partial charge in [0.1, 0.15) is 30.2 Å². The molecule has 0 bridgehead atoms. The van der Waals surface area contributed by atoms with Crippen molar-refractivity contribution < 1.29 is 68.4 Å². The number of carbonyl (C=O) groups excluding carboxylic acids is 6. The first-order valence-corrected chi connectivity index (χ1v) is 16.9. The van der Waals surface area contributed by atoms with Crippen LogP contribution in [0, 0.1) is 0 Å². The molecule has 0 rings (SSSR count). The Bertz CT molecular complexity index is 1270. The number of amides is 6. The van der Waals surface area contributed by atoms with E-state index in [0.717, 1.165) is 0 Å². The normalized spacial score (nSPS) is 14.3. The Morgan fingerprint density at radius 2 is 0.880 bits per heavy atom. The van der Waals surface area contributed by atoms with Crippen molar-refractivity contribution in [2.45, 2.75) is 87.6 Å². The number of primary amides is 1. The average Bonchev–Trinajstić information content (AvgIpc) is 3.02. The van der Waals surface area contributed by atoms with Gasteiger partial charge >= 0.3 is 23.9 Å². The number of thioether (sulfide) groups is 1. The molecule has 0 aromatic heterocycles. The fourth-order valence-electron chi connectivity index (χ4n) is 3.97. The van der Waals surface area contributed by atoms with E-state index in [2.05, 4.69) is 39.2 Å². The Hall–Kier alpha value is -4.64. The minimum Gasteiger partial charge on any atom is -0.481 e. The van der Waals surface area contributed by atoms with E-state index < -0.39 is 141 Å². The molecule has 6 amide bonds. The van der Waals surface area contributed by atoms with E-state index >= 15 is 0 Å². The fraction of sp³-hybridized carbons (Fsp3) is 0.630. The molecule has 0 fully saturated rings. The third kappa shape index (κ3) is 18.8. The smallest absolute Gasteiger partial charge is 0.305 e. The van der Waals surface area contributed by atoms with E-state index in [1.165, 1.54) is 11.8 Å². The number of carbonyl (C=O) groups is 10. The zero-order valence-corrected chi connectivity index (χ0v) is 28.6. The van der Waals surface area contributed by atoms with Gasteiger partial charge in [0.25, 0.3) is 0 Å². The van der Waals surface area contributed by atoms with Crippen LogP contribution in [-0.2, 0) is 47.9 Å². The summed E-state index contributed by atoms with van der Waals surface area (Å²) in [5, 5.41) is 47.6. The van der Waals surface area contributed by atoms with Gasteiger partial charge in [-0.25, -0.2) is 0 Å². The lowest BCUT2D eigenvalue weighted by Gasteiger charge is -2.27. The maximum absolute atomic E-state index is 13.4. The topological polar surface area (TPSA) is 364 Å². The Morgan fingerprint density at radius 3 is 1.16 bits per heavy atom. The van der Waals surface area contributed by atoms with Gasteiger partial charge in [-0.3, -0.25) is 47.9 Å². The van der Waals surface area contributed by atoms with Crippen LogP contribution in [0.25, 0.3) is 0 Å². The Morgan fingerprint density at radius 1 is 0.560 bits per heavy atom. The predicted octanol–water partition coefficient (Wildman–Crippen LogP) is -4.03. The number of nitrogens with one attached hydrogen (secondary N) is 5. The second-order valence-electron chi connectivity index (χ2n) is 10.7. The van der Waals surface area contributed by atoms with Crippen molar-refractivity contribution in [2.24, 2.45) is 11.5 Å². The van der Waals surface area contributed by atoms with Crippen molar-refractivity contribution in [3.05, 3.63) is 0 Å². The molecule has 282 valence electrons. The molecule has 0 aliphatic carbocycles. The first kappa shape index (κ1) is 45.4. The van der Waals surface area contributed by atoms with Crippen molar-refractivity contribution in [2.75, 3.05) is 17.8 Å². The highest BCUT2D eigenvalue weighted by molar-refractivity contribution is 7.98. The van der Waals surface area contributed by atoms with Gasteiger partial charge in [0, 0.05) is 25.0 Å². The number of hydrogen-bond acceptors (Lipinski definition) is 13. The van der Waals surface area contributed by atoms with Crippen LogP contribution in [0.15, 0.2) is 0 Å². The molecule has 6 atom stereocenters. The molecule has 0 saturated heterocycles. The molecular formula is C27H43N7O14S2. The molecule has 0 aromatic carbocycles. The molecule has 0 aliphatic rings. The highest BCUT2D eigenvalue weighted by Gasteiger charge is 2.33. The van der Waals surface area contributed by atoms with Crippen molar-refractivity contribution >= 4 is 83.7 Å². The standard InChI is InChI=1S/C27H43N7O14S2/c1-50-9-8-16(33-24(45)13(2-5-18(35)36)30-23(44)12(28)10-21(41)42)27(48)32-14(3-6-19(37)38)25(46)31-15(4-7-20(39)40)26(47)34-17(11-49)22(29)43/h12-17,49H,2-11,28H2,1H3,(H2,29,43)(H,30,44)(H,31,46)(H,32,48)(H,33,45)(H,34,47)(H,35,36)(H,37,38)(H,39,40)(H,41,42)/t12-,13-,14-,15-,16-,17-/m0/s1. The largest absolute Gasteiger partial charge is 0.481 e. The van der Waals surface area contributed by atoms with Gasteiger partial charge in [0.05, 0.1) is 12.5 Å². The van der Waals surface area contributed by atoms with Gasteiger partial charge in [0.15, 0.2) is 0 Å². The third-order valence-corrected chi connectivity index (χ3v) is 7.67. The van der Waals surface area contributed by atoms with Crippen molar-refractivity contribution in [1.29, 1.82) is 0 Å². The van der Waals surface area contributed by atoms with Gasteiger partial charge in [-0.15, -0.1) is 0 Å². The number of hydrogen-bond donors (Lipinski definition) is 12. The van der Waals surface area contributed by atoms with Gasteiger partial charge in [-0.05, 0) is 37.7 Å². The van der Waals surface area contributed by atoms with Crippen LogP contribution in [0.4, 0.5) is 0 Å². The number of nitrogens with two attached hydrogens (primary N) is 2. The Labute approximate surface area is 295 Å². The number of rotatable bonds is 26. The van der Waals surface area contributed by atoms with Gasteiger partial charge in [-0.1, -0.05) is 0 Å². The van der Waals surface area contributed by atoms with Crippen molar-refractivity contribution in [1.82, 2.24) is 26.6 Å². The number of carboxylic acids is 4. The SMILES string of the molecule is CSCC[C@H](NC(=O)[C@H](CCC(=O)O)NC(=O)[C@@H](N)CC(=O)O)C(=O)N[C@@H](CCC(=O)O)C(=O)N[C@@H](CCC(=O)O)C(=O)N[C@@H](CS)C(N)=O. The molecule has 0 radical (unpaired) electrons. The summed E-state index contributed by atoms with van der Waals surface area (Å²) in [7, 11) is 0. The Kier molecular flexibility index (Phi) is 21.5. The molecule has 0 aromatic rings. The lowest BCUT2D eigenvalue weighted by atomic mass is 10.1. The van der Waals surface area contributed by atoms with E-state index in [1.807, 2.05) is 0 Å². The second-order valence-corrected chi connectivity index (χ2v) is 12.0. The minimum absolute atomic E-state index is 0.0913. The summed E-state index contributed by atoms with van der Waals surface area (Å²) in [6.45, 7) is 0. The van der Waals surface area contributed by atoms with E-state index in [9.17, 15) is 53.1 Å². The van der Waals surface area contributed by atoms with Crippen LogP contribution in [0.1, 0.15) is 51.4 Å². The van der Waals surface area contributed by atoms with Gasteiger partial charge < -0.3 is 58.5 Å².